The van der Waals surface area contributed by atoms with Crippen LogP contribution in [0.5, 0.6) is 5.75 Å². The van der Waals surface area contributed by atoms with E-state index in [1.807, 2.05) is 13.8 Å². The molecular weight excluding hydrogens is 461 g/mol. The molecule has 0 bridgehead atoms. The van der Waals surface area contributed by atoms with Crippen LogP contribution in [0.4, 0.5) is 5.69 Å². The first-order valence-corrected chi connectivity index (χ1v) is 11.3. The van der Waals surface area contributed by atoms with E-state index in [0.717, 1.165) is 0 Å². The number of benzene rings is 3. The molecule has 0 aromatic heterocycles. The standard InChI is InChI=1S/C26H25Cl2NO4/c1-4-32-26(31)18-11-13-20(14-12-18)29(16-22-23(27)9-6-10-24(22)28)25(30)19-7-5-8-21(15-19)33-17(2)3/h5-15,17H,4,16H2,1-3H3. The molecule has 3 rings (SSSR count). The van der Waals surface area contributed by atoms with Crippen LogP contribution < -0.4 is 9.64 Å². The van der Waals surface area contributed by atoms with Crippen LogP contribution in [0.25, 0.3) is 0 Å². The largest absolute Gasteiger partial charge is 0.491 e. The lowest BCUT2D eigenvalue weighted by Crippen LogP contribution is -2.30. The predicted octanol–water partition coefficient (Wildman–Crippen LogP) is 6.80. The number of carbonyl (C=O) groups is 2. The van der Waals surface area contributed by atoms with Gasteiger partial charge in [-0.1, -0.05) is 35.3 Å². The van der Waals surface area contributed by atoms with E-state index < -0.39 is 5.97 Å². The monoisotopic (exact) mass is 485 g/mol. The SMILES string of the molecule is CCOC(=O)c1ccc(N(Cc2c(Cl)cccc2Cl)C(=O)c2cccc(OC(C)C)c2)cc1. The van der Waals surface area contributed by atoms with Gasteiger partial charge in [-0.05, 0) is 75.4 Å². The molecule has 0 radical (unpaired) electrons. The fraction of sp³-hybridized carbons (Fsp3) is 0.231. The summed E-state index contributed by atoms with van der Waals surface area (Å²) in [5.41, 5.74) is 2.05. The third-order valence-corrected chi connectivity index (χ3v) is 5.47. The molecule has 1 amide bonds. The highest BCUT2D eigenvalue weighted by Crippen LogP contribution is 2.29. The van der Waals surface area contributed by atoms with Crippen molar-refractivity contribution in [2.24, 2.45) is 0 Å². The number of hydrogen-bond acceptors (Lipinski definition) is 4. The summed E-state index contributed by atoms with van der Waals surface area (Å²) >= 11 is 12.8. The number of carbonyl (C=O) groups excluding carboxylic acids is 2. The highest BCUT2D eigenvalue weighted by atomic mass is 35.5. The van der Waals surface area contributed by atoms with Gasteiger partial charge in [0.05, 0.1) is 24.8 Å². The minimum atomic E-state index is -0.422. The summed E-state index contributed by atoms with van der Waals surface area (Å²) in [7, 11) is 0. The van der Waals surface area contributed by atoms with Gasteiger partial charge in [-0.2, -0.15) is 0 Å². The molecule has 5 nitrogen and oxygen atoms in total. The minimum absolute atomic E-state index is 0.0243. The summed E-state index contributed by atoms with van der Waals surface area (Å²) in [6.45, 7) is 6.02. The zero-order valence-electron chi connectivity index (χ0n) is 18.7. The van der Waals surface area contributed by atoms with Gasteiger partial charge in [-0.25, -0.2) is 4.79 Å². The van der Waals surface area contributed by atoms with Crippen LogP contribution in [0.2, 0.25) is 10.0 Å². The molecule has 3 aromatic rings. The molecule has 0 atom stereocenters. The zero-order chi connectivity index (χ0) is 24.0. The summed E-state index contributed by atoms with van der Waals surface area (Å²) in [6.07, 6.45) is -0.0243. The molecule has 0 heterocycles. The summed E-state index contributed by atoms with van der Waals surface area (Å²) in [4.78, 5) is 27.2. The first-order chi connectivity index (χ1) is 15.8. The van der Waals surface area contributed by atoms with Crippen molar-refractivity contribution in [1.82, 2.24) is 0 Å². The van der Waals surface area contributed by atoms with Crippen molar-refractivity contribution >= 4 is 40.8 Å². The topological polar surface area (TPSA) is 55.8 Å². The van der Waals surface area contributed by atoms with E-state index in [0.29, 0.717) is 38.2 Å². The number of ether oxygens (including phenoxy) is 2. The number of rotatable bonds is 8. The second-order valence-corrected chi connectivity index (χ2v) is 8.37. The van der Waals surface area contributed by atoms with Gasteiger partial charge in [-0.3, -0.25) is 4.79 Å². The first-order valence-electron chi connectivity index (χ1n) is 10.6. The van der Waals surface area contributed by atoms with Crippen molar-refractivity contribution in [3.63, 3.8) is 0 Å². The third-order valence-electron chi connectivity index (χ3n) is 4.77. The molecule has 0 fully saturated rings. The molecule has 0 N–H and O–H groups in total. The average Bonchev–Trinajstić information content (AvgIpc) is 2.79. The van der Waals surface area contributed by atoms with Crippen molar-refractivity contribution < 1.29 is 19.1 Å². The number of nitrogens with zero attached hydrogens (tertiary/aromatic N) is 1. The van der Waals surface area contributed by atoms with Gasteiger partial charge in [0.25, 0.3) is 5.91 Å². The molecule has 7 heteroatoms. The van der Waals surface area contributed by atoms with Crippen LogP contribution >= 0.6 is 23.2 Å². The van der Waals surface area contributed by atoms with Crippen molar-refractivity contribution in [1.29, 1.82) is 0 Å². The Kier molecular flexibility index (Phi) is 8.37. The van der Waals surface area contributed by atoms with E-state index in [9.17, 15) is 9.59 Å². The Labute approximate surface area is 203 Å². The van der Waals surface area contributed by atoms with E-state index in [-0.39, 0.29) is 25.2 Å². The van der Waals surface area contributed by atoms with Gasteiger partial charge >= 0.3 is 5.97 Å². The van der Waals surface area contributed by atoms with Gasteiger partial charge in [0.1, 0.15) is 5.75 Å². The van der Waals surface area contributed by atoms with Crippen molar-refractivity contribution in [3.8, 4) is 5.75 Å². The second-order valence-electron chi connectivity index (χ2n) is 7.55. The molecule has 0 aliphatic carbocycles. The Morgan fingerprint density at radius 2 is 1.55 bits per heavy atom. The Bertz CT molecular complexity index is 1110. The number of esters is 1. The molecule has 0 saturated heterocycles. The highest BCUT2D eigenvalue weighted by Gasteiger charge is 2.22. The van der Waals surface area contributed by atoms with Crippen LogP contribution in [0.3, 0.4) is 0 Å². The maximum atomic E-state index is 13.6. The normalized spacial score (nSPS) is 10.7. The van der Waals surface area contributed by atoms with E-state index >= 15 is 0 Å². The average molecular weight is 486 g/mol. The molecule has 172 valence electrons. The van der Waals surface area contributed by atoms with Crippen molar-refractivity contribution in [2.45, 2.75) is 33.4 Å². The number of halogens is 2. The maximum absolute atomic E-state index is 13.6. The van der Waals surface area contributed by atoms with Crippen LogP contribution in [0.15, 0.2) is 66.7 Å². The summed E-state index contributed by atoms with van der Waals surface area (Å²) in [6, 6.07) is 18.9. The molecule has 0 aliphatic heterocycles. The van der Waals surface area contributed by atoms with E-state index in [1.54, 1.807) is 78.6 Å². The minimum Gasteiger partial charge on any atom is -0.491 e. The zero-order valence-corrected chi connectivity index (χ0v) is 20.2. The molecular formula is C26H25Cl2NO4. The fourth-order valence-corrected chi connectivity index (χ4v) is 3.76. The van der Waals surface area contributed by atoms with Crippen LogP contribution in [-0.4, -0.2) is 24.6 Å². The molecule has 0 saturated carbocycles. The second kappa shape index (κ2) is 11.2. The van der Waals surface area contributed by atoms with Crippen LogP contribution in [0.1, 0.15) is 47.1 Å². The molecule has 0 aliphatic rings. The summed E-state index contributed by atoms with van der Waals surface area (Å²) < 4.78 is 10.8. The Balaban J connectivity index is 2.00. The third kappa shape index (κ3) is 6.28. The van der Waals surface area contributed by atoms with Crippen molar-refractivity contribution in [3.05, 3.63) is 93.5 Å². The Morgan fingerprint density at radius 1 is 0.909 bits per heavy atom. The lowest BCUT2D eigenvalue weighted by atomic mass is 10.1. The van der Waals surface area contributed by atoms with E-state index in [1.165, 1.54) is 0 Å². The number of amides is 1. The molecule has 0 spiro atoms. The van der Waals surface area contributed by atoms with Gasteiger partial charge < -0.3 is 14.4 Å². The van der Waals surface area contributed by atoms with Gasteiger partial charge in [-0.15, -0.1) is 0 Å². The van der Waals surface area contributed by atoms with Gasteiger partial charge in [0.2, 0.25) is 0 Å². The Hall–Kier alpha value is -3.02. The maximum Gasteiger partial charge on any atom is 0.338 e. The summed E-state index contributed by atoms with van der Waals surface area (Å²) in [5.74, 6) is -0.0806. The van der Waals surface area contributed by atoms with Crippen molar-refractivity contribution in [2.75, 3.05) is 11.5 Å². The Morgan fingerprint density at radius 3 is 2.15 bits per heavy atom. The molecule has 3 aromatic carbocycles. The fourth-order valence-electron chi connectivity index (χ4n) is 3.24. The summed E-state index contributed by atoms with van der Waals surface area (Å²) in [5, 5.41) is 0.917. The molecule has 33 heavy (non-hydrogen) atoms. The quantitative estimate of drug-likeness (QED) is 0.329. The number of anilines is 1. The number of hydrogen-bond donors (Lipinski definition) is 0. The first kappa shape index (κ1) is 24.6. The molecule has 0 unspecified atom stereocenters. The van der Waals surface area contributed by atoms with E-state index in [2.05, 4.69) is 0 Å². The van der Waals surface area contributed by atoms with E-state index in [4.69, 9.17) is 32.7 Å². The lowest BCUT2D eigenvalue weighted by molar-refractivity contribution is 0.0526. The van der Waals surface area contributed by atoms with Gasteiger partial charge in [0.15, 0.2) is 0 Å². The van der Waals surface area contributed by atoms with Gasteiger partial charge in [0, 0.05) is 26.9 Å². The van der Waals surface area contributed by atoms with Crippen LogP contribution in [0, 0.1) is 0 Å². The smallest absolute Gasteiger partial charge is 0.338 e. The van der Waals surface area contributed by atoms with Crippen LogP contribution in [-0.2, 0) is 11.3 Å². The lowest BCUT2D eigenvalue weighted by Gasteiger charge is -2.25. The highest BCUT2D eigenvalue weighted by molar-refractivity contribution is 6.36. The predicted molar refractivity (Wildman–Crippen MR) is 132 cm³/mol.